The lowest BCUT2D eigenvalue weighted by Crippen LogP contribution is -2.15. The molecule has 0 N–H and O–H groups in total. The zero-order valence-electron chi connectivity index (χ0n) is 6.88. The third-order valence-corrected chi connectivity index (χ3v) is 2.31. The Morgan fingerprint density at radius 1 is 1.00 bits per heavy atom. The number of isocyanates is 1. The molecular formula is C9H15NO+. The van der Waals surface area contributed by atoms with Crippen LogP contribution < -0.4 is 4.99 Å². The van der Waals surface area contributed by atoms with E-state index in [1.165, 1.54) is 32.1 Å². The summed E-state index contributed by atoms with van der Waals surface area (Å²) in [4.78, 5) is 13.8. The fraction of sp³-hybridized carbons (Fsp3) is 0.889. The molecule has 0 heterocycles. The molecule has 1 fully saturated rings. The highest BCUT2D eigenvalue weighted by atomic mass is 16.1. The molecule has 0 aliphatic heterocycles. The van der Waals surface area contributed by atoms with Gasteiger partial charge in [-0.2, -0.15) is 4.79 Å². The minimum atomic E-state index is 0.285. The Hall–Kier alpha value is -0.620. The van der Waals surface area contributed by atoms with Gasteiger partial charge in [-0.05, 0) is 12.8 Å². The molecule has 1 radical (unpaired) electrons. The molecule has 0 unspecified atom stereocenters. The van der Waals surface area contributed by atoms with Crippen LogP contribution in [0.5, 0.6) is 0 Å². The van der Waals surface area contributed by atoms with E-state index in [0.29, 0.717) is 0 Å². The average molecular weight is 153 g/mol. The minimum Gasteiger partial charge on any atom is -0.154 e. The summed E-state index contributed by atoms with van der Waals surface area (Å²) in [6.45, 7) is 0. The average Bonchev–Trinajstić information content (AvgIpc) is 1.94. The molecule has 0 amide bonds. The molecule has 0 atom stereocenters. The Morgan fingerprint density at radius 2 is 1.55 bits per heavy atom. The maximum absolute atomic E-state index is 9.98. The second-order valence-corrected chi connectivity index (χ2v) is 3.22. The molecule has 61 valence electrons. The van der Waals surface area contributed by atoms with E-state index in [-0.39, 0.29) is 6.04 Å². The van der Waals surface area contributed by atoms with Gasteiger partial charge in [0.15, 0.2) is 0 Å². The van der Waals surface area contributed by atoms with Crippen molar-refractivity contribution in [1.82, 2.24) is 4.99 Å². The Morgan fingerprint density at radius 3 is 2.09 bits per heavy atom. The van der Waals surface area contributed by atoms with Gasteiger partial charge in [0.1, 0.15) is 4.99 Å². The van der Waals surface area contributed by atoms with E-state index in [1.807, 2.05) is 0 Å². The van der Waals surface area contributed by atoms with Crippen LogP contribution in [0.25, 0.3) is 0 Å². The SMILES string of the molecule is O=C=[N+]C1CCCCCCC1. The molecule has 2 heteroatoms. The predicted molar refractivity (Wildman–Crippen MR) is 43.9 cm³/mol. The Kier molecular flexibility index (Phi) is 3.92. The highest BCUT2D eigenvalue weighted by Crippen LogP contribution is 2.16. The van der Waals surface area contributed by atoms with E-state index in [2.05, 4.69) is 4.99 Å². The lowest BCUT2D eigenvalue weighted by Gasteiger charge is -2.06. The van der Waals surface area contributed by atoms with Crippen molar-refractivity contribution in [3.8, 4) is 0 Å². The number of hydrogen-bond donors (Lipinski definition) is 0. The molecule has 0 spiro atoms. The van der Waals surface area contributed by atoms with Gasteiger partial charge in [0.2, 0.25) is 6.04 Å². The first-order valence-electron chi connectivity index (χ1n) is 4.50. The van der Waals surface area contributed by atoms with E-state index < -0.39 is 0 Å². The normalized spacial score (nSPS) is 21.5. The molecule has 2 nitrogen and oxygen atoms in total. The zero-order valence-corrected chi connectivity index (χ0v) is 6.88. The summed E-state index contributed by atoms with van der Waals surface area (Å²) >= 11 is 0. The van der Waals surface area contributed by atoms with Gasteiger partial charge in [-0.1, -0.05) is 19.3 Å². The standard InChI is InChI=1S/C9H15NO/c11-8-10-9-6-4-2-1-3-5-7-9/h9H,1-7H2/q+1. The molecule has 0 aromatic carbocycles. The molecule has 0 bridgehead atoms. The highest BCUT2D eigenvalue weighted by Gasteiger charge is 2.18. The first kappa shape index (κ1) is 8.48. The summed E-state index contributed by atoms with van der Waals surface area (Å²) in [7, 11) is 0. The van der Waals surface area contributed by atoms with Crippen LogP contribution in [0.1, 0.15) is 44.9 Å². The van der Waals surface area contributed by atoms with E-state index in [9.17, 15) is 4.79 Å². The van der Waals surface area contributed by atoms with Gasteiger partial charge in [-0.3, -0.25) is 0 Å². The van der Waals surface area contributed by atoms with Gasteiger partial charge in [0.25, 0.3) is 0 Å². The van der Waals surface area contributed by atoms with Gasteiger partial charge in [-0.25, -0.2) is 0 Å². The van der Waals surface area contributed by atoms with Gasteiger partial charge >= 0.3 is 6.08 Å². The second kappa shape index (κ2) is 5.09. The first-order valence-corrected chi connectivity index (χ1v) is 4.50. The quantitative estimate of drug-likeness (QED) is 0.417. The van der Waals surface area contributed by atoms with Crippen molar-refractivity contribution >= 4 is 6.08 Å². The van der Waals surface area contributed by atoms with Crippen LogP contribution >= 0.6 is 0 Å². The Balaban J connectivity index is 2.31. The Bertz CT molecular complexity index is 142. The number of rotatable bonds is 1. The van der Waals surface area contributed by atoms with Gasteiger partial charge in [0.05, 0.1) is 0 Å². The van der Waals surface area contributed by atoms with Crippen molar-refractivity contribution in [2.45, 2.75) is 51.0 Å². The number of nitrogens with zero attached hydrogens (tertiary/aromatic N) is 1. The Labute approximate surface area is 67.7 Å². The summed E-state index contributed by atoms with van der Waals surface area (Å²) in [5.41, 5.74) is 0. The first-order chi connectivity index (χ1) is 5.43. The molecular weight excluding hydrogens is 138 g/mol. The van der Waals surface area contributed by atoms with Crippen molar-refractivity contribution in [3.05, 3.63) is 0 Å². The maximum Gasteiger partial charge on any atom is 0.496 e. The van der Waals surface area contributed by atoms with Crippen molar-refractivity contribution in [1.29, 1.82) is 0 Å². The van der Waals surface area contributed by atoms with E-state index >= 15 is 0 Å². The lowest BCUT2D eigenvalue weighted by atomic mass is 9.97. The monoisotopic (exact) mass is 153 g/mol. The summed E-state index contributed by atoms with van der Waals surface area (Å²) in [5.74, 6) is 0. The minimum absolute atomic E-state index is 0.285. The summed E-state index contributed by atoms with van der Waals surface area (Å²) < 4.78 is 0. The summed E-state index contributed by atoms with van der Waals surface area (Å²) in [5, 5.41) is 0. The molecule has 0 saturated heterocycles. The molecule has 11 heavy (non-hydrogen) atoms. The van der Waals surface area contributed by atoms with Crippen LogP contribution in [-0.2, 0) is 4.79 Å². The smallest absolute Gasteiger partial charge is 0.154 e. The van der Waals surface area contributed by atoms with Crippen LogP contribution in [0.2, 0.25) is 0 Å². The molecule has 1 rings (SSSR count). The molecule has 0 aromatic rings. The lowest BCUT2D eigenvalue weighted by molar-refractivity contribution is 0.431. The molecule has 0 aromatic heterocycles. The van der Waals surface area contributed by atoms with Crippen molar-refractivity contribution in [2.24, 2.45) is 0 Å². The van der Waals surface area contributed by atoms with Gasteiger partial charge in [0, 0.05) is 12.8 Å². The molecule has 1 saturated carbocycles. The molecule has 1 aliphatic carbocycles. The van der Waals surface area contributed by atoms with Crippen molar-refractivity contribution in [2.75, 3.05) is 0 Å². The molecule has 1 aliphatic rings. The van der Waals surface area contributed by atoms with Crippen LogP contribution in [0.3, 0.4) is 0 Å². The second-order valence-electron chi connectivity index (χ2n) is 3.22. The third-order valence-electron chi connectivity index (χ3n) is 2.31. The van der Waals surface area contributed by atoms with Gasteiger partial charge < -0.3 is 0 Å². The van der Waals surface area contributed by atoms with E-state index in [0.717, 1.165) is 12.8 Å². The maximum atomic E-state index is 9.98. The highest BCUT2D eigenvalue weighted by molar-refractivity contribution is 5.31. The van der Waals surface area contributed by atoms with Crippen LogP contribution in [0, 0.1) is 0 Å². The van der Waals surface area contributed by atoms with Crippen LogP contribution in [0.15, 0.2) is 0 Å². The van der Waals surface area contributed by atoms with E-state index in [1.54, 1.807) is 6.08 Å². The summed E-state index contributed by atoms with van der Waals surface area (Å²) in [6, 6.07) is 0.285. The predicted octanol–water partition coefficient (Wildman–Crippen LogP) is 1.77. The van der Waals surface area contributed by atoms with E-state index in [4.69, 9.17) is 0 Å². The fourth-order valence-corrected chi connectivity index (χ4v) is 1.64. The fourth-order valence-electron chi connectivity index (χ4n) is 1.64. The van der Waals surface area contributed by atoms with Crippen LogP contribution in [0.4, 0.5) is 0 Å². The zero-order chi connectivity index (χ0) is 7.94. The number of hydrogen-bond acceptors (Lipinski definition) is 2. The van der Waals surface area contributed by atoms with Crippen molar-refractivity contribution in [3.63, 3.8) is 0 Å². The number of aliphatic imine (C=N–C) groups is 1. The largest absolute Gasteiger partial charge is 0.496 e. The summed E-state index contributed by atoms with van der Waals surface area (Å²) in [6.07, 6.45) is 10.3. The number of carbonyl (C=O) groups excluding carboxylic acids is 1. The van der Waals surface area contributed by atoms with Gasteiger partial charge in [-0.15, -0.1) is 0 Å². The topological polar surface area (TPSA) is 31.2 Å². The third kappa shape index (κ3) is 3.33. The van der Waals surface area contributed by atoms with Crippen LogP contribution in [-0.4, -0.2) is 12.1 Å². The van der Waals surface area contributed by atoms with Crippen molar-refractivity contribution < 1.29 is 4.79 Å².